The van der Waals surface area contributed by atoms with Crippen molar-refractivity contribution in [1.29, 1.82) is 5.26 Å². The zero-order valence-electron chi connectivity index (χ0n) is 12.2. The first-order valence-corrected chi connectivity index (χ1v) is 6.99. The normalized spacial score (nSPS) is 24.4. The second-order valence-corrected chi connectivity index (χ2v) is 5.73. The molecule has 1 fully saturated rings. The molecule has 1 saturated carbocycles. The standard InChI is InChI=1S/C14H22N4O/c1-5-18(6-2)8-7-11-16-13(19-17-11)12-10(9-15)14(12,3)4/h10,12H,5-8H2,1-4H3. The molecule has 0 bridgehead atoms. The fourth-order valence-electron chi connectivity index (χ4n) is 2.63. The summed E-state index contributed by atoms with van der Waals surface area (Å²) in [7, 11) is 0. The van der Waals surface area contributed by atoms with E-state index in [0.717, 1.165) is 31.9 Å². The molecule has 0 radical (unpaired) electrons. The largest absolute Gasteiger partial charge is 0.339 e. The van der Waals surface area contributed by atoms with Crippen LogP contribution in [0.15, 0.2) is 4.52 Å². The Morgan fingerprint density at radius 3 is 2.58 bits per heavy atom. The third-order valence-electron chi connectivity index (χ3n) is 4.26. The molecular weight excluding hydrogens is 240 g/mol. The fraction of sp³-hybridized carbons (Fsp3) is 0.786. The van der Waals surface area contributed by atoms with Gasteiger partial charge >= 0.3 is 0 Å². The number of likely N-dealkylation sites (N-methyl/N-ethyl adjacent to an activating group) is 1. The van der Waals surface area contributed by atoms with E-state index in [4.69, 9.17) is 9.78 Å². The second kappa shape index (κ2) is 5.30. The Hall–Kier alpha value is -1.41. The molecule has 1 aromatic rings. The third kappa shape index (κ3) is 2.64. The molecule has 1 aliphatic rings. The fourth-order valence-corrected chi connectivity index (χ4v) is 2.63. The predicted molar refractivity (Wildman–Crippen MR) is 71.4 cm³/mol. The minimum atomic E-state index is -0.0303. The van der Waals surface area contributed by atoms with Crippen LogP contribution in [0.5, 0.6) is 0 Å². The zero-order chi connectivity index (χ0) is 14.0. The Morgan fingerprint density at radius 1 is 1.37 bits per heavy atom. The molecule has 0 N–H and O–H groups in total. The topological polar surface area (TPSA) is 66.0 Å². The second-order valence-electron chi connectivity index (χ2n) is 5.73. The van der Waals surface area contributed by atoms with Crippen LogP contribution in [0.1, 0.15) is 45.3 Å². The Kier molecular flexibility index (Phi) is 3.91. The summed E-state index contributed by atoms with van der Waals surface area (Å²) < 4.78 is 5.33. The van der Waals surface area contributed by atoms with E-state index in [2.05, 4.69) is 48.8 Å². The van der Waals surface area contributed by atoms with Gasteiger partial charge in [0.2, 0.25) is 5.89 Å². The smallest absolute Gasteiger partial charge is 0.231 e. The van der Waals surface area contributed by atoms with Gasteiger partial charge in [-0.2, -0.15) is 10.2 Å². The summed E-state index contributed by atoms with van der Waals surface area (Å²) >= 11 is 0. The van der Waals surface area contributed by atoms with Gasteiger partial charge in [-0.25, -0.2) is 0 Å². The average Bonchev–Trinajstić information content (AvgIpc) is 2.75. The maximum absolute atomic E-state index is 9.07. The summed E-state index contributed by atoms with van der Waals surface area (Å²) in [6.07, 6.45) is 0.801. The minimum Gasteiger partial charge on any atom is -0.339 e. The molecule has 0 aliphatic heterocycles. The van der Waals surface area contributed by atoms with Crippen LogP contribution in [-0.2, 0) is 6.42 Å². The van der Waals surface area contributed by atoms with Crippen molar-refractivity contribution in [3.05, 3.63) is 11.7 Å². The molecule has 0 aromatic carbocycles. The van der Waals surface area contributed by atoms with Crippen LogP contribution in [0.25, 0.3) is 0 Å². The Balaban J connectivity index is 1.96. The lowest BCUT2D eigenvalue weighted by Crippen LogP contribution is -2.25. The Bertz CT molecular complexity index is 470. The van der Waals surface area contributed by atoms with Gasteiger partial charge in [-0.05, 0) is 18.5 Å². The SMILES string of the molecule is CCN(CC)CCc1noc(C2C(C#N)C2(C)C)n1. The van der Waals surface area contributed by atoms with Crippen LogP contribution < -0.4 is 0 Å². The number of aromatic nitrogens is 2. The van der Waals surface area contributed by atoms with Crippen LogP contribution in [0, 0.1) is 22.7 Å². The Morgan fingerprint density at radius 2 is 2.05 bits per heavy atom. The van der Waals surface area contributed by atoms with Gasteiger partial charge in [0.15, 0.2) is 5.82 Å². The number of hydrogen-bond donors (Lipinski definition) is 0. The van der Waals surface area contributed by atoms with E-state index in [1.165, 1.54) is 0 Å². The van der Waals surface area contributed by atoms with Crippen molar-refractivity contribution in [2.24, 2.45) is 11.3 Å². The highest BCUT2D eigenvalue weighted by Crippen LogP contribution is 2.63. The average molecular weight is 262 g/mol. The van der Waals surface area contributed by atoms with E-state index in [0.29, 0.717) is 5.89 Å². The van der Waals surface area contributed by atoms with E-state index in [9.17, 15) is 0 Å². The van der Waals surface area contributed by atoms with Crippen LogP contribution >= 0.6 is 0 Å². The molecule has 1 heterocycles. The van der Waals surface area contributed by atoms with Crippen molar-refractivity contribution in [2.75, 3.05) is 19.6 Å². The van der Waals surface area contributed by atoms with E-state index in [-0.39, 0.29) is 17.3 Å². The van der Waals surface area contributed by atoms with Crippen LogP contribution in [0.2, 0.25) is 0 Å². The summed E-state index contributed by atoms with van der Waals surface area (Å²) in [6, 6.07) is 2.32. The lowest BCUT2D eigenvalue weighted by Gasteiger charge is -2.16. The number of rotatable bonds is 6. The van der Waals surface area contributed by atoms with E-state index < -0.39 is 0 Å². The van der Waals surface area contributed by atoms with Crippen molar-refractivity contribution in [2.45, 2.75) is 40.0 Å². The molecule has 2 atom stereocenters. The van der Waals surface area contributed by atoms with Gasteiger partial charge in [-0.3, -0.25) is 0 Å². The molecule has 1 aliphatic carbocycles. The van der Waals surface area contributed by atoms with E-state index in [1.807, 2.05) is 0 Å². The maximum Gasteiger partial charge on any atom is 0.231 e. The highest BCUT2D eigenvalue weighted by Gasteiger charge is 2.62. The first kappa shape index (κ1) is 14.0. The molecule has 0 saturated heterocycles. The van der Waals surface area contributed by atoms with Crippen molar-refractivity contribution >= 4 is 0 Å². The highest BCUT2D eigenvalue weighted by atomic mass is 16.5. The van der Waals surface area contributed by atoms with Crippen LogP contribution in [-0.4, -0.2) is 34.7 Å². The van der Waals surface area contributed by atoms with E-state index in [1.54, 1.807) is 0 Å². The van der Waals surface area contributed by atoms with Gasteiger partial charge in [-0.15, -0.1) is 0 Å². The Labute approximate surface area is 114 Å². The van der Waals surface area contributed by atoms with Gasteiger partial charge in [0.25, 0.3) is 0 Å². The first-order valence-electron chi connectivity index (χ1n) is 6.99. The molecule has 2 rings (SSSR count). The molecule has 5 heteroatoms. The summed E-state index contributed by atoms with van der Waals surface area (Å²) in [5, 5.41) is 13.1. The molecule has 2 unspecified atom stereocenters. The van der Waals surface area contributed by atoms with Crippen molar-refractivity contribution in [1.82, 2.24) is 15.0 Å². The van der Waals surface area contributed by atoms with Gasteiger partial charge in [-0.1, -0.05) is 32.9 Å². The van der Waals surface area contributed by atoms with Gasteiger partial charge in [0.05, 0.1) is 17.9 Å². The monoisotopic (exact) mass is 262 g/mol. The maximum atomic E-state index is 9.07. The molecule has 0 spiro atoms. The lowest BCUT2D eigenvalue weighted by molar-refractivity contribution is 0.302. The van der Waals surface area contributed by atoms with Gasteiger partial charge in [0.1, 0.15) is 0 Å². The number of nitriles is 1. The number of nitrogens with zero attached hydrogens (tertiary/aromatic N) is 4. The minimum absolute atomic E-state index is 0.00332. The molecule has 5 nitrogen and oxygen atoms in total. The van der Waals surface area contributed by atoms with Gasteiger partial charge in [0, 0.05) is 13.0 Å². The first-order chi connectivity index (χ1) is 9.04. The van der Waals surface area contributed by atoms with Crippen LogP contribution in [0.4, 0.5) is 0 Å². The highest BCUT2D eigenvalue weighted by molar-refractivity contribution is 5.26. The summed E-state index contributed by atoms with van der Waals surface area (Å²) in [6.45, 7) is 11.5. The predicted octanol–water partition coefficient (Wildman–Crippen LogP) is 2.22. The summed E-state index contributed by atoms with van der Waals surface area (Å²) in [4.78, 5) is 6.78. The van der Waals surface area contributed by atoms with Gasteiger partial charge < -0.3 is 9.42 Å². The summed E-state index contributed by atoms with van der Waals surface area (Å²) in [5.41, 5.74) is -0.0303. The van der Waals surface area contributed by atoms with Crippen molar-refractivity contribution in [3.8, 4) is 6.07 Å². The molecular formula is C14H22N4O. The molecule has 104 valence electrons. The van der Waals surface area contributed by atoms with Crippen molar-refractivity contribution < 1.29 is 4.52 Å². The molecule has 19 heavy (non-hydrogen) atoms. The van der Waals surface area contributed by atoms with E-state index >= 15 is 0 Å². The lowest BCUT2D eigenvalue weighted by atomic mass is 10.1. The molecule has 1 aromatic heterocycles. The number of hydrogen-bond acceptors (Lipinski definition) is 5. The van der Waals surface area contributed by atoms with Crippen molar-refractivity contribution in [3.63, 3.8) is 0 Å². The van der Waals surface area contributed by atoms with Crippen LogP contribution in [0.3, 0.4) is 0 Å². The quantitative estimate of drug-likeness (QED) is 0.786. The molecule has 0 amide bonds. The summed E-state index contributed by atoms with van der Waals surface area (Å²) in [5.74, 6) is 1.49. The zero-order valence-corrected chi connectivity index (χ0v) is 12.2. The third-order valence-corrected chi connectivity index (χ3v) is 4.26.